The molecular weight excluding hydrogens is 352 g/mol. The molecule has 6 heteroatoms. The number of morpholine rings is 1. The molecule has 1 saturated carbocycles. The lowest BCUT2D eigenvalue weighted by Crippen LogP contribution is -2.60. The van der Waals surface area contributed by atoms with Crippen molar-refractivity contribution >= 4 is 5.91 Å². The van der Waals surface area contributed by atoms with Crippen molar-refractivity contribution in [1.29, 1.82) is 0 Å². The molecule has 2 aliphatic heterocycles. The van der Waals surface area contributed by atoms with E-state index in [0.717, 1.165) is 30.9 Å². The molecule has 2 saturated heterocycles. The van der Waals surface area contributed by atoms with Gasteiger partial charge in [-0.15, -0.1) is 0 Å². The molecule has 1 aliphatic carbocycles. The lowest BCUT2D eigenvalue weighted by molar-refractivity contribution is -0.172. The van der Waals surface area contributed by atoms with Crippen molar-refractivity contribution in [3.8, 4) is 0 Å². The molecule has 28 heavy (non-hydrogen) atoms. The lowest BCUT2D eigenvalue weighted by atomic mass is 9.83. The number of ether oxygens (including phenoxy) is 1. The van der Waals surface area contributed by atoms with Crippen LogP contribution in [0.25, 0.3) is 0 Å². The highest BCUT2D eigenvalue weighted by Gasteiger charge is 2.57. The van der Waals surface area contributed by atoms with E-state index in [9.17, 15) is 4.79 Å². The Morgan fingerprint density at radius 3 is 2.86 bits per heavy atom. The van der Waals surface area contributed by atoms with Crippen molar-refractivity contribution in [1.82, 2.24) is 19.8 Å². The highest BCUT2D eigenvalue weighted by Crippen LogP contribution is 2.43. The highest BCUT2D eigenvalue weighted by molar-refractivity contribution is 5.88. The van der Waals surface area contributed by atoms with Crippen LogP contribution in [0.1, 0.15) is 30.0 Å². The fraction of sp³-hybridized carbons (Fsp3) is 0.500. The van der Waals surface area contributed by atoms with Gasteiger partial charge in [-0.2, -0.15) is 0 Å². The van der Waals surface area contributed by atoms with Crippen LogP contribution in [0.2, 0.25) is 0 Å². The smallest absolute Gasteiger partial charge is 0.256 e. The second-order valence-electron chi connectivity index (χ2n) is 8.26. The Morgan fingerprint density at radius 1 is 1.18 bits per heavy atom. The van der Waals surface area contributed by atoms with E-state index in [2.05, 4.69) is 25.8 Å². The molecule has 4 heterocycles. The molecule has 1 spiro atoms. The molecule has 2 aromatic heterocycles. The molecule has 0 N–H and O–H groups in total. The maximum atomic E-state index is 13.6. The molecular formula is C22H26N4O2. The van der Waals surface area contributed by atoms with Gasteiger partial charge in [0.1, 0.15) is 0 Å². The molecule has 146 valence electrons. The Hall–Kier alpha value is -2.31. The van der Waals surface area contributed by atoms with Crippen molar-refractivity contribution in [3.63, 3.8) is 0 Å². The summed E-state index contributed by atoms with van der Waals surface area (Å²) in [6.45, 7) is 4.28. The fourth-order valence-corrected chi connectivity index (χ4v) is 4.63. The number of nitrogens with zero attached hydrogens (tertiary/aromatic N) is 4. The van der Waals surface area contributed by atoms with Crippen LogP contribution >= 0.6 is 0 Å². The topological polar surface area (TPSA) is 58.6 Å². The van der Waals surface area contributed by atoms with E-state index in [-0.39, 0.29) is 11.8 Å². The van der Waals surface area contributed by atoms with E-state index >= 15 is 0 Å². The number of carbonyl (C=O) groups is 1. The summed E-state index contributed by atoms with van der Waals surface area (Å²) in [5, 5.41) is 0. The van der Waals surface area contributed by atoms with E-state index in [0.29, 0.717) is 25.6 Å². The Labute approximate surface area is 165 Å². The standard InChI is InChI=1S/C22H26N4O2/c27-21-22(28-11-10-26(21)13-17-6-7-17)16-25(14-19-5-1-2-9-24-19)15-20(22)18-4-3-8-23-12-18/h1-5,8-9,12,17,20H,6-7,10-11,13-16H2/t20-,22-/m0/s1. The normalized spacial score (nSPS) is 28.2. The number of hydrogen-bond donors (Lipinski definition) is 0. The van der Waals surface area contributed by atoms with Crippen molar-refractivity contribution < 1.29 is 9.53 Å². The van der Waals surface area contributed by atoms with Crippen molar-refractivity contribution in [2.24, 2.45) is 5.92 Å². The van der Waals surface area contributed by atoms with Crippen molar-refractivity contribution in [3.05, 3.63) is 60.2 Å². The zero-order chi connectivity index (χ0) is 19.0. The van der Waals surface area contributed by atoms with Crippen LogP contribution < -0.4 is 0 Å². The summed E-state index contributed by atoms with van der Waals surface area (Å²) in [5.74, 6) is 0.824. The van der Waals surface area contributed by atoms with Gasteiger partial charge in [0.05, 0.1) is 12.3 Å². The molecule has 0 unspecified atom stereocenters. The van der Waals surface area contributed by atoms with Crippen LogP contribution in [-0.2, 0) is 16.1 Å². The summed E-state index contributed by atoms with van der Waals surface area (Å²) in [6.07, 6.45) is 7.97. The van der Waals surface area contributed by atoms with E-state index in [1.807, 2.05) is 36.7 Å². The molecule has 1 amide bonds. The Morgan fingerprint density at radius 2 is 2.11 bits per heavy atom. The second kappa shape index (κ2) is 7.26. The zero-order valence-electron chi connectivity index (χ0n) is 16.0. The van der Waals surface area contributed by atoms with Gasteiger partial charge in [-0.3, -0.25) is 19.7 Å². The molecule has 0 bridgehead atoms. The maximum absolute atomic E-state index is 13.6. The van der Waals surface area contributed by atoms with Crippen LogP contribution in [0.3, 0.4) is 0 Å². The molecule has 2 atom stereocenters. The number of carbonyl (C=O) groups excluding carboxylic acids is 1. The largest absolute Gasteiger partial charge is 0.361 e. The van der Waals surface area contributed by atoms with Crippen molar-refractivity contribution in [2.75, 3.05) is 32.8 Å². The number of likely N-dealkylation sites (tertiary alicyclic amines) is 1. The van der Waals surface area contributed by atoms with E-state index in [1.54, 1.807) is 6.20 Å². The summed E-state index contributed by atoms with van der Waals surface area (Å²) >= 11 is 0. The third kappa shape index (κ3) is 3.31. The van der Waals surface area contributed by atoms with Crippen LogP contribution in [0, 0.1) is 5.92 Å². The first kappa shape index (κ1) is 17.8. The average molecular weight is 378 g/mol. The number of rotatable bonds is 5. The molecule has 0 radical (unpaired) electrons. The molecule has 6 nitrogen and oxygen atoms in total. The van der Waals surface area contributed by atoms with Gasteiger partial charge in [0, 0.05) is 57.2 Å². The highest BCUT2D eigenvalue weighted by atomic mass is 16.5. The summed E-state index contributed by atoms with van der Waals surface area (Å²) in [4.78, 5) is 26.8. The van der Waals surface area contributed by atoms with Gasteiger partial charge in [0.2, 0.25) is 0 Å². The summed E-state index contributed by atoms with van der Waals surface area (Å²) < 4.78 is 6.32. The van der Waals surface area contributed by atoms with Crippen LogP contribution in [0.5, 0.6) is 0 Å². The lowest BCUT2D eigenvalue weighted by Gasteiger charge is -2.42. The Bertz CT molecular complexity index is 827. The van der Waals surface area contributed by atoms with Gasteiger partial charge in [0.25, 0.3) is 5.91 Å². The third-order valence-corrected chi connectivity index (χ3v) is 6.21. The summed E-state index contributed by atoms with van der Waals surface area (Å²) in [5.41, 5.74) is 1.28. The van der Waals surface area contributed by atoms with Gasteiger partial charge >= 0.3 is 0 Å². The van der Waals surface area contributed by atoms with Gasteiger partial charge in [-0.05, 0) is 42.5 Å². The average Bonchev–Trinajstić information content (AvgIpc) is 3.48. The van der Waals surface area contributed by atoms with E-state index in [4.69, 9.17) is 4.74 Å². The van der Waals surface area contributed by atoms with Gasteiger partial charge in [0.15, 0.2) is 5.60 Å². The monoisotopic (exact) mass is 378 g/mol. The maximum Gasteiger partial charge on any atom is 0.256 e. The van der Waals surface area contributed by atoms with E-state index in [1.165, 1.54) is 12.8 Å². The number of pyridine rings is 2. The summed E-state index contributed by atoms with van der Waals surface area (Å²) in [6, 6.07) is 9.98. The van der Waals surface area contributed by atoms with Crippen molar-refractivity contribution in [2.45, 2.75) is 30.9 Å². The molecule has 3 fully saturated rings. The fourth-order valence-electron chi connectivity index (χ4n) is 4.63. The molecule has 2 aromatic rings. The van der Waals surface area contributed by atoms with Crippen LogP contribution in [0.4, 0.5) is 0 Å². The molecule has 5 rings (SSSR count). The quantitative estimate of drug-likeness (QED) is 0.797. The minimum absolute atomic E-state index is 0.0144. The summed E-state index contributed by atoms with van der Waals surface area (Å²) in [7, 11) is 0. The first-order valence-electron chi connectivity index (χ1n) is 10.2. The van der Waals surface area contributed by atoms with Gasteiger partial charge < -0.3 is 9.64 Å². The predicted molar refractivity (Wildman–Crippen MR) is 104 cm³/mol. The van der Waals surface area contributed by atoms with Crippen LogP contribution in [-0.4, -0.2) is 64.1 Å². The minimum Gasteiger partial charge on any atom is -0.361 e. The Balaban J connectivity index is 1.44. The number of amides is 1. The SMILES string of the molecule is O=C1N(CC2CC2)CCO[C@]12CN(Cc1ccccn1)C[C@H]2c1cccnc1. The first-order valence-corrected chi connectivity index (χ1v) is 10.2. The predicted octanol–water partition coefficient (Wildman–Crippen LogP) is 2.08. The van der Waals surface area contributed by atoms with Gasteiger partial charge in [-0.1, -0.05) is 12.1 Å². The third-order valence-electron chi connectivity index (χ3n) is 6.21. The Kier molecular flexibility index (Phi) is 4.61. The first-order chi connectivity index (χ1) is 13.7. The van der Waals surface area contributed by atoms with E-state index < -0.39 is 5.60 Å². The minimum atomic E-state index is -0.815. The number of aromatic nitrogens is 2. The van der Waals surface area contributed by atoms with Crippen LogP contribution in [0.15, 0.2) is 48.9 Å². The van der Waals surface area contributed by atoms with Gasteiger partial charge in [-0.25, -0.2) is 0 Å². The number of hydrogen-bond acceptors (Lipinski definition) is 5. The zero-order valence-corrected chi connectivity index (χ0v) is 16.0. The second-order valence-corrected chi connectivity index (χ2v) is 8.26. The molecule has 0 aromatic carbocycles. The molecule has 3 aliphatic rings.